The third kappa shape index (κ3) is 3.33. The first kappa shape index (κ1) is 14.0. The maximum Gasteiger partial charge on any atom is 0.258 e. The lowest BCUT2D eigenvalue weighted by Gasteiger charge is -2.05. The molecular formula is C12H12BrClN4O. The van der Waals surface area contributed by atoms with Crippen LogP contribution in [0.3, 0.4) is 0 Å². The fourth-order valence-corrected chi connectivity index (χ4v) is 1.99. The van der Waals surface area contributed by atoms with E-state index in [9.17, 15) is 4.79 Å². The van der Waals surface area contributed by atoms with Gasteiger partial charge in [0.2, 0.25) is 0 Å². The third-order valence-electron chi connectivity index (χ3n) is 2.44. The molecule has 0 aliphatic carbocycles. The Bertz CT molecular complexity index is 612. The predicted molar refractivity (Wildman–Crippen MR) is 77.5 cm³/mol. The molecule has 0 saturated heterocycles. The molecule has 0 atom stereocenters. The van der Waals surface area contributed by atoms with E-state index in [1.807, 2.05) is 13.8 Å². The number of anilines is 1. The van der Waals surface area contributed by atoms with Crippen molar-refractivity contribution in [2.24, 2.45) is 0 Å². The Labute approximate surface area is 124 Å². The molecule has 5 nitrogen and oxygen atoms in total. The van der Waals surface area contributed by atoms with Gasteiger partial charge in [0.05, 0.1) is 17.4 Å². The van der Waals surface area contributed by atoms with Crippen molar-refractivity contribution >= 4 is 39.1 Å². The van der Waals surface area contributed by atoms with Gasteiger partial charge in [-0.15, -0.1) is 0 Å². The molecule has 100 valence electrons. The van der Waals surface area contributed by atoms with E-state index in [0.717, 1.165) is 0 Å². The van der Waals surface area contributed by atoms with Crippen molar-refractivity contribution in [2.45, 2.75) is 19.9 Å². The Morgan fingerprint density at radius 3 is 2.84 bits per heavy atom. The monoisotopic (exact) mass is 342 g/mol. The summed E-state index contributed by atoms with van der Waals surface area (Å²) in [6.07, 6.45) is 4.90. The molecule has 0 aromatic carbocycles. The average molecular weight is 344 g/mol. The zero-order chi connectivity index (χ0) is 14.0. The van der Waals surface area contributed by atoms with Crippen LogP contribution in [-0.2, 0) is 0 Å². The predicted octanol–water partition coefficient (Wildman–Crippen LogP) is 3.53. The fraction of sp³-hybridized carbons (Fsp3) is 0.250. The van der Waals surface area contributed by atoms with E-state index in [1.54, 1.807) is 23.1 Å². The van der Waals surface area contributed by atoms with E-state index < -0.39 is 0 Å². The summed E-state index contributed by atoms with van der Waals surface area (Å²) in [7, 11) is 0. The van der Waals surface area contributed by atoms with Crippen molar-refractivity contribution in [1.29, 1.82) is 0 Å². The topological polar surface area (TPSA) is 59.8 Å². The normalized spacial score (nSPS) is 10.8. The maximum atomic E-state index is 12.1. The summed E-state index contributed by atoms with van der Waals surface area (Å²) in [5, 5.41) is 7.04. The number of hydrogen-bond acceptors (Lipinski definition) is 3. The second-order valence-electron chi connectivity index (χ2n) is 4.25. The number of nitrogens with one attached hydrogen (secondary N) is 1. The molecule has 0 unspecified atom stereocenters. The van der Waals surface area contributed by atoms with Crippen molar-refractivity contribution in [3.05, 3.63) is 39.8 Å². The van der Waals surface area contributed by atoms with Gasteiger partial charge in [-0.05, 0) is 35.8 Å². The highest BCUT2D eigenvalue weighted by atomic mass is 79.9. The lowest BCUT2D eigenvalue weighted by atomic mass is 10.2. The number of rotatable bonds is 3. The standard InChI is InChI=1S/C12H12BrClN4O/c1-7(2)18-6-9(5-16-18)17-12(19)10-3-8(13)4-15-11(10)14/h3-7H,1-2H3,(H,17,19). The average Bonchev–Trinajstić information content (AvgIpc) is 2.80. The van der Waals surface area contributed by atoms with Crippen molar-refractivity contribution in [3.63, 3.8) is 0 Å². The number of carbonyl (C=O) groups is 1. The zero-order valence-corrected chi connectivity index (χ0v) is 12.7. The molecule has 2 aromatic heterocycles. The highest BCUT2D eigenvalue weighted by molar-refractivity contribution is 9.10. The smallest absolute Gasteiger partial charge is 0.258 e. The van der Waals surface area contributed by atoms with E-state index in [-0.39, 0.29) is 17.1 Å². The molecule has 19 heavy (non-hydrogen) atoms. The summed E-state index contributed by atoms with van der Waals surface area (Å²) >= 11 is 9.15. The van der Waals surface area contributed by atoms with Crippen LogP contribution in [0.5, 0.6) is 0 Å². The van der Waals surface area contributed by atoms with Crippen LogP contribution in [0.25, 0.3) is 0 Å². The van der Waals surface area contributed by atoms with E-state index in [4.69, 9.17) is 11.6 Å². The molecule has 2 aromatic rings. The van der Waals surface area contributed by atoms with Gasteiger partial charge in [0.25, 0.3) is 5.91 Å². The van der Waals surface area contributed by atoms with Crippen molar-refractivity contribution in [1.82, 2.24) is 14.8 Å². The van der Waals surface area contributed by atoms with Crippen LogP contribution in [0, 0.1) is 0 Å². The van der Waals surface area contributed by atoms with Crippen LogP contribution in [0.4, 0.5) is 5.69 Å². The third-order valence-corrected chi connectivity index (χ3v) is 3.17. The van der Waals surface area contributed by atoms with Gasteiger partial charge in [0.15, 0.2) is 0 Å². The number of hydrogen-bond donors (Lipinski definition) is 1. The molecule has 0 aliphatic heterocycles. The SMILES string of the molecule is CC(C)n1cc(NC(=O)c2cc(Br)cnc2Cl)cn1. The Morgan fingerprint density at radius 2 is 2.21 bits per heavy atom. The number of amides is 1. The first-order chi connectivity index (χ1) is 8.97. The maximum absolute atomic E-state index is 12.1. The molecule has 0 radical (unpaired) electrons. The molecule has 2 heterocycles. The molecule has 0 bridgehead atoms. The largest absolute Gasteiger partial charge is 0.319 e. The van der Waals surface area contributed by atoms with Gasteiger partial charge in [0, 0.05) is 22.9 Å². The van der Waals surface area contributed by atoms with Gasteiger partial charge in [-0.1, -0.05) is 11.6 Å². The van der Waals surface area contributed by atoms with Crippen LogP contribution in [-0.4, -0.2) is 20.7 Å². The van der Waals surface area contributed by atoms with E-state index in [2.05, 4.69) is 31.3 Å². The Balaban J connectivity index is 2.18. The summed E-state index contributed by atoms with van der Waals surface area (Å²) in [5.41, 5.74) is 0.933. The molecule has 0 fully saturated rings. The highest BCUT2D eigenvalue weighted by Gasteiger charge is 2.13. The minimum atomic E-state index is -0.317. The molecule has 7 heteroatoms. The first-order valence-electron chi connectivity index (χ1n) is 5.64. The summed E-state index contributed by atoms with van der Waals surface area (Å²) < 4.78 is 2.45. The minimum Gasteiger partial charge on any atom is -0.319 e. The Hall–Kier alpha value is -1.40. The van der Waals surface area contributed by atoms with Gasteiger partial charge in [0.1, 0.15) is 5.15 Å². The van der Waals surface area contributed by atoms with Crippen LogP contribution < -0.4 is 5.32 Å². The Morgan fingerprint density at radius 1 is 1.47 bits per heavy atom. The fourth-order valence-electron chi connectivity index (χ4n) is 1.47. The second kappa shape index (κ2) is 5.71. The second-order valence-corrected chi connectivity index (χ2v) is 5.52. The molecule has 0 spiro atoms. The molecule has 1 N–H and O–H groups in total. The minimum absolute atomic E-state index is 0.164. The summed E-state index contributed by atoms with van der Waals surface area (Å²) in [6, 6.07) is 1.86. The zero-order valence-electron chi connectivity index (χ0n) is 10.4. The van der Waals surface area contributed by atoms with Crippen molar-refractivity contribution in [2.75, 3.05) is 5.32 Å². The van der Waals surface area contributed by atoms with Gasteiger partial charge in [-0.3, -0.25) is 9.48 Å². The van der Waals surface area contributed by atoms with Crippen LogP contribution in [0.1, 0.15) is 30.2 Å². The quantitative estimate of drug-likeness (QED) is 0.867. The highest BCUT2D eigenvalue weighted by Crippen LogP contribution is 2.19. The van der Waals surface area contributed by atoms with Gasteiger partial charge in [-0.25, -0.2) is 4.98 Å². The van der Waals surface area contributed by atoms with Crippen LogP contribution in [0.2, 0.25) is 5.15 Å². The van der Waals surface area contributed by atoms with E-state index >= 15 is 0 Å². The summed E-state index contributed by atoms with van der Waals surface area (Å²) in [6.45, 7) is 4.02. The van der Waals surface area contributed by atoms with E-state index in [1.165, 1.54) is 6.20 Å². The van der Waals surface area contributed by atoms with Crippen molar-refractivity contribution in [3.8, 4) is 0 Å². The number of aromatic nitrogens is 3. The molecule has 0 aliphatic rings. The number of carbonyl (C=O) groups excluding carboxylic acids is 1. The molecule has 1 amide bonds. The number of halogens is 2. The van der Waals surface area contributed by atoms with Gasteiger partial charge < -0.3 is 5.32 Å². The Kier molecular flexibility index (Phi) is 4.21. The van der Waals surface area contributed by atoms with Crippen LogP contribution in [0.15, 0.2) is 29.1 Å². The molecular weight excluding hydrogens is 332 g/mol. The van der Waals surface area contributed by atoms with Gasteiger partial charge >= 0.3 is 0 Å². The van der Waals surface area contributed by atoms with Crippen LogP contribution >= 0.6 is 27.5 Å². The molecule has 0 saturated carbocycles. The van der Waals surface area contributed by atoms with E-state index in [0.29, 0.717) is 15.7 Å². The number of pyridine rings is 1. The van der Waals surface area contributed by atoms with Crippen molar-refractivity contribution < 1.29 is 4.79 Å². The lowest BCUT2D eigenvalue weighted by molar-refractivity contribution is 0.102. The van der Waals surface area contributed by atoms with Gasteiger partial charge in [-0.2, -0.15) is 5.10 Å². The summed E-state index contributed by atoms with van der Waals surface area (Å²) in [4.78, 5) is 16.0. The first-order valence-corrected chi connectivity index (χ1v) is 6.81. The number of nitrogens with zero attached hydrogens (tertiary/aromatic N) is 3. The lowest BCUT2D eigenvalue weighted by Crippen LogP contribution is -2.12. The summed E-state index contributed by atoms with van der Waals surface area (Å²) in [5.74, 6) is -0.317. The molecule has 2 rings (SSSR count).